The Bertz CT molecular complexity index is 158. The number of rotatable bonds is 9. The molecular formula is C12H25NO2. The lowest BCUT2D eigenvalue weighted by atomic mass is 10.1. The van der Waals surface area contributed by atoms with Crippen molar-refractivity contribution in [3.63, 3.8) is 0 Å². The van der Waals surface area contributed by atoms with Gasteiger partial charge in [0.25, 0.3) is 0 Å². The van der Waals surface area contributed by atoms with Crippen LogP contribution in [0.2, 0.25) is 0 Å². The van der Waals surface area contributed by atoms with Gasteiger partial charge >= 0.3 is 5.97 Å². The number of carbonyl (C=O) groups excluding carboxylic acids is 1. The lowest BCUT2D eigenvalue weighted by molar-refractivity contribution is -0.144. The normalized spacial score (nSPS) is 12.5. The highest BCUT2D eigenvalue weighted by Gasteiger charge is 2.05. The van der Waals surface area contributed by atoms with E-state index in [1.807, 2.05) is 6.92 Å². The van der Waals surface area contributed by atoms with E-state index >= 15 is 0 Å². The maximum atomic E-state index is 11.1. The Morgan fingerprint density at radius 1 is 1.20 bits per heavy atom. The molecule has 0 rings (SSSR count). The quantitative estimate of drug-likeness (QED) is 0.475. The van der Waals surface area contributed by atoms with Crippen LogP contribution in [0.3, 0.4) is 0 Å². The van der Waals surface area contributed by atoms with Gasteiger partial charge in [-0.2, -0.15) is 0 Å². The third kappa shape index (κ3) is 11.4. The summed E-state index contributed by atoms with van der Waals surface area (Å²) < 4.78 is 5.04. The molecule has 2 N–H and O–H groups in total. The van der Waals surface area contributed by atoms with Gasteiger partial charge in [0.1, 0.15) is 0 Å². The first-order valence-corrected chi connectivity index (χ1v) is 6.08. The average Bonchev–Trinajstić information content (AvgIpc) is 2.15. The first-order chi connectivity index (χ1) is 7.16. The monoisotopic (exact) mass is 215 g/mol. The van der Waals surface area contributed by atoms with Crippen LogP contribution in [0.15, 0.2) is 0 Å². The van der Waals surface area contributed by atoms with E-state index in [4.69, 9.17) is 10.5 Å². The van der Waals surface area contributed by atoms with Crippen LogP contribution in [0, 0.1) is 0 Å². The average molecular weight is 215 g/mol. The molecule has 0 aromatic carbocycles. The third-order valence-electron chi connectivity index (χ3n) is 2.25. The number of carbonyl (C=O) groups is 1. The third-order valence-corrected chi connectivity index (χ3v) is 2.25. The maximum absolute atomic E-state index is 11.1. The molecule has 0 saturated carbocycles. The minimum absolute atomic E-state index is 0.0953. The SMILES string of the molecule is CCCCCCCCOC(=O)CC(C)N. The molecule has 3 heteroatoms. The summed E-state index contributed by atoms with van der Waals surface area (Å²) in [4.78, 5) is 11.1. The highest BCUT2D eigenvalue weighted by Crippen LogP contribution is 2.05. The van der Waals surface area contributed by atoms with Gasteiger partial charge in [-0.1, -0.05) is 39.0 Å². The van der Waals surface area contributed by atoms with E-state index < -0.39 is 0 Å². The molecule has 0 bridgehead atoms. The van der Waals surface area contributed by atoms with E-state index in [2.05, 4.69) is 6.92 Å². The van der Waals surface area contributed by atoms with Crippen molar-refractivity contribution in [3.8, 4) is 0 Å². The zero-order chi connectivity index (χ0) is 11.5. The van der Waals surface area contributed by atoms with Crippen LogP contribution in [-0.2, 0) is 9.53 Å². The fraction of sp³-hybridized carbons (Fsp3) is 0.917. The minimum Gasteiger partial charge on any atom is -0.466 e. The number of esters is 1. The molecular weight excluding hydrogens is 190 g/mol. The van der Waals surface area contributed by atoms with Gasteiger partial charge in [-0.15, -0.1) is 0 Å². The highest BCUT2D eigenvalue weighted by molar-refractivity contribution is 5.69. The van der Waals surface area contributed by atoms with Gasteiger partial charge < -0.3 is 10.5 Å². The number of nitrogens with two attached hydrogens (primary N) is 1. The molecule has 0 aromatic rings. The lowest BCUT2D eigenvalue weighted by Crippen LogP contribution is -2.21. The van der Waals surface area contributed by atoms with E-state index in [0.717, 1.165) is 12.8 Å². The molecule has 0 heterocycles. The molecule has 1 atom stereocenters. The standard InChI is InChI=1S/C12H25NO2/c1-3-4-5-6-7-8-9-15-12(14)10-11(2)13/h11H,3-10,13H2,1-2H3. The largest absolute Gasteiger partial charge is 0.466 e. The van der Waals surface area contributed by atoms with E-state index in [1.54, 1.807) is 0 Å². The molecule has 0 aliphatic carbocycles. The van der Waals surface area contributed by atoms with E-state index in [0.29, 0.717) is 13.0 Å². The summed E-state index contributed by atoms with van der Waals surface area (Å²) in [7, 11) is 0. The van der Waals surface area contributed by atoms with E-state index in [-0.39, 0.29) is 12.0 Å². The summed E-state index contributed by atoms with van der Waals surface area (Å²) in [6.07, 6.45) is 7.59. The van der Waals surface area contributed by atoms with Crippen molar-refractivity contribution in [2.45, 2.75) is 64.8 Å². The van der Waals surface area contributed by atoms with Crippen molar-refractivity contribution in [2.75, 3.05) is 6.61 Å². The van der Waals surface area contributed by atoms with Crippen LogP contribution in [0.1, 0.15) is 58.8 Å². The van der Waals surface area contributed by atoms with Gasteiger partial charge in [0, 0.05) is 6.04 Å². The van der Waals surface area contributed by atoms with Crippen LogP contribution < -0.4 is 5.73 Å². The first kappa shape index (κ1) is 14.4. The summed E-state index contributed by atoms with van der Waals surface area (Å²) in [5, 5.41) is 0. The molecule has 15 heavy (non-hydrogen) atoms. The molecule has 3 nitrogen and oxygen atoms in total. The summed E-state index contributed by atoms with van der Waals surface area (Å²) in [5.74, 6) is -0.168. The molecule has 90 valence electrons. The fourth-order valence-electron chi connectivity index (χ4n) is 1.39. The first-order valence-electron chi connectivity index (χ1n) is 6.08. The Labute approximate surface area is 93.4 Å². The Hall–Kier alpha value is -0.570. The summed E-state index contributed by atoms with van der Waals surface area (Å²) in [6, 6.07) is -0.0953. The fourth-order valence-corrected chi connectivity index (χ4v) is 1.39. The van der Waals surface area contributed by atoms with Gasteiger partial charge in [-0.3, -0.25) is 4.79 Å². The second-order valence-electron chi connectivity index (χ2n) is 4.17. The van der Waals surface area contributed by atoms with Crippen LogP contribution >= 0.6 is 0 Å². The van der Waals surface area contributed by atoms with Crippen molar-refractivity contribution in [3.05, 3.63) is 0 Å². The number of unbranched alkanes of at least 4 members (excludes halogenated alkanes) is 5. The molecule has 0 aliphatic rings. The Morgan fingerprint density at radius 3 is 2.40 bits per heavy atom. The maximum Gasteiger partial charge on any atom is 0.307 e. The van der Waals surface area contributed by atoms with Crippen LogP contribution in [0.4, 0.5) is 0 Å². The Morgan fingerprint density at radius 2 is 1.80 bits per heavy atom. The highest BCUT2D eigenvalue weighted by atomic mass is 16.5. The van der Waals surface area contributed by atoms with Gasteiger partial charge in [0.05, 0.1) is 13.0 Å². The Balaban J connectivity index is 3.13. The van der Waals surface area contributed by atoms with Gasteiger partial charge in [-0.05, 0) is 13.3 Å². The van der Waals surface area contributed by atoms with Crippen molar-refractivity contribution >= 4 is 5.97 Å². The predicted molar refractivity (Wildman–Crippen MR) is 62.6 cm³/mol. The van der Waals surface area contributed by atoms with E-state index in [1.165, 1.54) is 25.7 Å². The number of ether oxygens (including phenoxy) is 1. The second kappa shape index (κ2) is 9.97. The predicted octanol–water partition coefficient (Wildman–Crippen LogP) is 2.63. The van der Waals surface area contributed by atoms with Crippen LogP contribution in [0.25, 0.3) is 0 Å². The Kier molecular flexibility index (Phi) is 9.59. The molecule has 0 spiro atoms. The molecule has 0 amide bonds. The van der Waals surface area contributed by atoms with Crippen molar-refractivity contribution in [2.24, 2.45) is 5.73 Å². The van der Waals surface area contributed by atoms with Crippen LogP contribution in [0.5, 0.6) is 0 Å². The number of hydrogen-bond donors (Lipinski definition) is 1. The smallest absolute Gasteiger partial charge is 0.307 e. The molecule has 0 radical (unpaired) electrons. The number of hydrogen-bond acceptors (Lipinski definition) is 3. The van der Waals surface area contributed by atoms with Gasteiger partial charge in [0.2, 0.25) is 0 Å². The zero-order valence-electron chi connectivity index (χ0n) is 10.1. The van der Waals surface area contributed by atoms with Gasteiger partial charge in [-0.25, -0.2) is 0 Å². The molecule has 0 saturated heterocycles. The molecule has 0 aromatic heterocycles. The van der Waals surface area contributed by atoms with Gasteiger partial charge in [0.15, 0.2) is 0 Å². The summed E-state index contributed by atoms with van der Waals surface area (Å²) >= 11 is 0. The summed E-state index contributed by atoms with van der Waals surface area (Å²) in [6.45, 7) is 4.57. The van der Waals surface area contributed by atoms with E-state index in [9.17, 15) is 4.79 Å². The molecule has 0 aliphatic heterocycles. The van der Waals surface area contributed by atoms with Crippen molar-refractivity contribution in [1.82, 2.24) is 0 Å². The molecule has 0 fully saturated rings. The van der Waals surface area contributed by atoms with Crippen LogP contribution in [-0.4, -0.2) is 18.6 Å². The minimum atomic E-state index is -0.168. The lowest BCUT2D eigenvalue weighted by Gasteiger charge is -2.06. The van der Waals surface area contributed by atoms with Crippen molar-refractivity contribution < 1.29 is 9.53 Å². The second-order valence-corrected chi connectivity index (χ2v) is 4.17. The van der Waals surface area contributed by atoms with Crippen molar-refractivity contribution in [1.29, 1.82) is 0 Å². The zero-order valence-corrected chi connectivity index (χ0v) is 10.1. The molecule has 1 unspecified atom stereocenters. The summed E-state index contributed by atoms with van der Waals surface area (Å²) in [5.41, 5.74) is 5.48. The topological polar surface area (TPSA) is 52.3 Å².